The molecular formula is C11H10FNS. The number of halogens is 1. The van der Waals surface area contributed by atoms with Crippen molar-refractivity contribution in [3.05, 3.63) is 58.9 Å². The van der Waals surface area contributed by atoms with E-state index in [4.69, 9.17) is 0 Å². The minimum Gasteiger partial charge on any atom is -0.302 e. The molecule has 0 spiro atoms. The fourth-order valence-corrected chi connectivity index (χ4v) is 1.83. The van der Waals surface area contributed by atoms with Gasteiger partial charge in [-0.1, -0.05) is 30.3 Å². The highest BCUT2D eigenvalue weighted by Gasteiger charge is 2.07. The number of nitrogens with one attached hydrogen (secondary N) is 1. The van der Waals surface area contributed by atoms with Crippen molar-refractivity contribution >= 4 is 11.9 Å². The van der Waals surface area contributed by atoms with Gasteiger partial charge in [-0.25, -0.2) is 0 Å². The molecule has 1 aliphatic heterocycles. The van der Waals surface area contributed by atoms with Crippen LogP contribution in [0.3, 0.4) is 0 Å². The quantitative estimate of drug-likeness (QED) is 0.590. The molecule has 1 aromatic carbocycles. The van der Waals surface area contributed by atoms with E-state index in [0.29, 0.717) is 12.0 Å². The third-order valence-corrected chi connectivity index (χ3v) is 2.57. The Balaban J connectivity index is 2.15. The third-order valence-electron chi connectivity index (χ3n) is 2.01. The van der Waals surface area contributed by atoms with Gasteiger partial charge in [-0.05, 0) is 29.0 Å². The van der Waals surface area contributed by atoms with Crippen LogP contribution >= 0.6 is 11.9 Å². The van der Waals surface area contributed by atoms with Gasteiger partial charge in [-0.3, -0.25) is 0 Å². The predicted molar refractivity (Wildman–Crippen MR) is 58.1 cm³/mol. The summed E-state index contributed by atoms with van der Waals surface area (Å²) in [6.07, 6.45) is 2.44. The van der Waals surface area contributed by atoms with Crippen LogP contribution in [0.1, 0.15) is 5.56 Å². The molecule has 0 radical (unpaired) electrons. The second kappa shape index (κ2) is 4.33. The molecule has 2 rings (SSSR count). The number of benzene rings is 1. The average molecular weight is 207 g/mol. The van der Waals surface area contributed by atoms with E-state index in [1.165, 1.54) is 11.9 Å². The Bertz CT molecular complexity index is 370. The number of allylic oxidation sites excluding steroid dienone is 2. The summed E-state index contributed by atoms with van der Waals surface area (Å²) < 4.78 is 15.8. The van der Waals surface area contributed by atoms with Crippen LogP contribution in [-0.4, -0.2) is 0 Å². The molecule has 1 aromatic rings. The molecule has 1 nitrogen and oxygen atoms in total. The van der Waals surface area contributed by atoms with E-state index in [-0.39, 0.29) is 5.95 Å². The van der Waals surface area contributed by atoms with E-state index in [0.717, 1.165) is 5.56 Å². The second-order valence-electron chi connectivity index (χ2n) is 3.02. The summed E-state index contributed by atoms with van der Waals surface area (Å²) in [5.41, 5.74) is 1.82. The van der Waals surface area contributed by atoms with E-state index >= 15 is 0 Å². The highest BCUT2D eigenvalue weighted by molar-refractivity contribution is 8.00. The Hall–Kier alpha value is -1.22. The van der Waals surface area contributed by atoms with Crippen LogP contribution < -0.4 is 4.72 Å². The lowest BCUT2D eigenvalue weighted by molar-refractivity contribution is 0.595. The molecule has 0 bridgehead atoms. The Kier molecular flexibility index (Phi) is 2.89. The minimum atomic E-state index is -0.235. The van der Waals surface area contributed by atoms with Crippen molar-refractivity contribution in [1.82, 2.24) is 4.72 Å². The molecule has 1 heterocycles. The van der Waals surface area contributed by atoms with Crippen LogP contribution in [0.25, 0.3) is 0 Å². The van der Waals surface area contributed by atoms with Gasteiger partial charge in [-0.2, -0.15) is 4.39 Å². The van der Waals surface area contributed by atoms with Gasteiger partial charge in [0.15, 0.2) is 0 Å². The normalized spacial score (nSPS) is 15.5. The molecule has 0 unspecified atom stereocenters. The SMILES string of the molecule is FC1=C(Cc2ccccc2)C=CSN1. The molecule has 0 fully saturated rings. The summed E-state index contributed by atoms with van der Waals surface area (Å²) in [5.74, 6) is -0.235. The summed E-state index contributed by atoms with van der Waals surface area (Å²) in [5, 5.41) is 1.85. The molecule has 0 aromatic heterocycles. The van der Waals surface area contributed by atoms with E-state index in [2.05, 4.69) is 4.72 Å². The minimum absolute atomic E-state index is 0.235. The van der Waals surface area contributed by atoms with Crippen LogP contribution in [0.15, 0.2) is 53.3 Å². The highest BCUT2D eigenvalue weighted by atomic mass is 32.2. The van der Waals surface area contributed by atoms with Crippen molar-refractivity contribution in [2.75, 3.05) is 0 Å². The summed E-state index contributed by atoms with van der Waals surface area (Å²) in [6, 6.07) is 9.87. The summed E-state index contributed by atoms with van der Waals surface area (Å²) in [6.45, 7) is 0. The lowest BCUT2D eigenvalue weighted by atomic mass is 10.1. The number of hydrogen-bond acceptors (Lipinski definition) is 2. The Labute approximate surface area is 86.8 Å². The standard InChI is InChI=1S/C11H10FNS/c12-11-10(6-7-14-13-11)8-9-4-2-1-3-5-9/h1-7,13H,8H2. The first-order chi connectivity index (χ1) is 6.86. The fraction of sp³-hybridized carbons (Fsp3) is 0.0909. The van der Waals surface area contributed by atoms with E-state index in [1.807, 2.05) is 41.8 Å². The van der Waals surface area contributed by atoms with Gasteiger partial charge in [0.2, 0.25) is 5.95 Å². The maximum atomic E-state index is 13.2. The third kappa shape index (κ3) is 2.17. The van der Waals surface area contributed by atoms with Gasteiger partial charge in [0.1, 0.15) is 0 Å². The zero-order valence-corrected chi connectivity index (χ0v) is 8.35. The Morgan fingerprint density at radius 2 is 2.00 bits per heavy atom. The second-order valence-corrected chi connectivity index (χ2v) is 3.74. The van der Waals surface area contributed by atoms with Crippen molar-refractivity contribution in [1.29, 1.82) is 0 Å². The Morgan fingerprint density at radius 1 is 1.21 bits per heavy atom. The first kappa shape index (κ1) is 9.34. The zero-order chi connectivity index (χ0) is 9.80. The molecule has 1 aliphatic rings. The van der Waals surface area contributed by atoms with Crippen LogP contribution in [-0.2, 0) is 6.42 Å². The van der Waals surface area contributed by atoms with E-state index in [9.17, 15) is 4.39 Å². The van der Waals surface area contributed by atoms with Crippen LogP contribution in [0.4, 0.5) is 4.39 Å². The molecular weight excluding hydrogens is 197 g/mol. The van der Waals surface area contributed by atoms with Gasteiger partial charge in [-0.15, -0.1) is 0 Å². The molecule has 0 amide bonds. The van der Waals surface area contributed by atoms with Gasteiger partial charge < -0.3 is 4.72 Å². The first-order valence-electron chi connectivity index (χ1n) is 4.37. The molecule has 3 heteroatoms. The number of rotatable bonds is 2. The topological polar surface area (TPSA) is 12.0 Å². The van der Waals surface area contributed by atoms with Crippen molar-refractivity contribution < 1.29 is 4.39 Å². The molecule has 1 N–H and O–H groups in total. The maximum Gasteiger partial charge on any atom is 0.200 e. The van der Waals surface area contributed by atoms with E-state index < -0.39 is 0 Å². The molecule has 72 valence electrons. The van der Waals surface area contributed by atoms with Crippen molar-refractivity contribution in [3.63, 3.8) is 0 Å². The molecule has 0 saturated carbocycles. The largest absolute Gasteiger partial charge is 0.302 e. The molecule has 0 saturated heterocycles. The van der Waals surface area contributed by atoms with Crippen LogP contribution in [0.5, 0.6) is 0 Å². The average Bonchev–Trinajstić information content (AvgIpc) is 2.23. The summed E-state index contributed by atoms with van der Waals surface area (Å²) in [4.78, 5) is 0. The maximum absolute atomic E-state index is 13.2. The smallest absolute Gasteiger partial charge is 0.200 e. The Morgan fingerprint density at radius 3 is 2.71 bits per heavy atom. The van der Waals surface area contributed by atoms with Crippen molar-refractivity contribution in [2.45, 2.75) is 6.42 Å². The summed E-state index contributed by atoms with van der Waals surface area (Å²) in [7, 11) is 0. The van der Waals surface area contributed by atoms with Crippen LogP contribution in [0.2, 0.25) is 0 Å². The summed E-state index contributed by atoms with van der Waals surface area (Å²) >= 11 is 1.25. The molecule has 0 atom stereocenters. The predicted octanol–water partition coefficient (Wildman–Crippen LogP) is 3.18. The lowest BCUT2D eigenvalue weighted by Gasteiger charge is -2.10. The van der Waals surface area contributed by atoms with Gasteiger partial charge in [0.25, 0.3) is 0 Å². The highest BCUT2D eigenvalue weighted by Crippen LogP contribution is 2.20. The van der Waals surface area contributed by atoms with Crippen LogP contribution in [0, 0.1) is 0 Å². The molecule has 14 heavy (non-hydrogen) atoms. The van der Waals surface area contributed by atoms with Gasteiger partial charge in [0.05, 0.1) is 0 Å². The van der Waals surface area contributed by atoms with E-state index in [1.54, 1.807) is 0 Å². The first-order valence-corrected chi connectivity index (χ1v) is 5.25. The molecule has 0 aliphatic carbocycles. The zero-order valence-electron chi connectivity index (χ0n) is 7.53. The lowest BCUT2D eigenvalue weighted by Crippen LogP contribution is -2.05. The van der Waals surface area contributed by atoms with Crippen molar-refractivity contribution in [2.24, 2.45) is 0 Å². The van der Waals surface area contributed by atoms with Gasteiger partial charge in [0, 0.05) is 12.0 Å². The fourth-order valence-electron chi connectivity index (χ4n) is 1.29. The number of hydrogen-bond donors (Lipinski definition) is 1. The van der Waals surface area contributed by atoms with Gasteiger partial charge >= 0.3 is 0 Å². The monoisotopic (exact) mass is 207 g/mol. The van der Waals surface area contributed by atoms with Crippen molar-refractivity contribution in [3.8, 4) is 0 Å².